The molecule has 1 aromatic heterocycles. The second kappa shape index (κ2) is 5.67. The van der Waals surface area contributed by atoms with E-state index in [1.165, 1.54) is 0 Å². The van der Waals surface area contributed by atoms with E-state index in [-0.39, 0.29) is 6.03 Å². The van der Waals surface area contributed by atoms with Gasteiger partial charge in [-0.05, 0) is 0 Å². The molecule has 0 spiro atoms. The second-order valence-electron chi connectivity index (χ2n) is 3.83. The first-order chi connectivity index (χ1) is 8.29. The number of amides is 2. The van der Waals surface area contributed by atoms with Crippen LogP contribution in [0.5, 0.6) is 0 Å². The van der Waals surface area contributed by atoms with Gasteiger partial charge in [0.2, 0.25) is 5.89 Å². The normalized spacial score (nSPS) is 15.9. The van der Waals surface area contributed by atoms with Crippen molar-refractivity contribution in [3.63, 3.8) is 0 Å². The smallest absolute Gasteiger partial charge is 0.317 e. The Kier molecular flexibility index (Phi) is 3.98. The number of urea groups is 1. The van der Waals surface area contributed by atoms with Gasteiger partial charge in [0.05, 0.1) is 26.0 Å². The lowest BCUT2D eigenvalue weighted by atomic mass is 10.4. The summed E-state index contributed by atoms with van der Waals surface area (Å²) in [7, 11) is 0. The number of rotatable bonds is 3. The van der Waals surface area contributed by atoms with Gasteiger partial charge in [0.15, 0.2) is 0 Å². The van der Waals surface area contributed by atoms with Crippen LogP contribution in [0.15, 0.2) is 10.6 Å². The van der Waals surface area contributed by atoms with Crippen molar-refractivity contribution < 1.29 is 13.9 Å². The number of nitrogens with zero attached hydrogens (tertiary/aromatic N) is 2. The van der Waals surface area contributed by atoms with E-state index in [9.17, 15) is 4.79 Å². The summed E-state index contributed by atoms with van der Waals surface area (Å²) in [5, 5.41) is 2.78. The third kappa shape index (κ3) is 3.20. The van der Waals surface area contributed by atoms with Crippen LogP contribution >= 0.6 is 0 Å². The summed E-state index contributed by atoms with van der Waals surface area (Å²) in [6.45, 7) is 4.81. The summed E-state index contributed by atoms with van der Waals surface area (Å²) in [6.07, 6.45) is 2.50. The highest BCUT2D eigenvalue weighted by atomic mass is 16.5. The fraction of sp³-hybridized carbons (Fsp3) is 0.636. The molecule has 2 heterocycles. The molecule has 1 aromatic rings. The van der Waals surface area contributed by atoms with Gasteiger partial charge in [-0.2, -0.15) is 0 Å². The number of aryl methyl sites for hydroxylation is 1. The zero-order valence-electron chi connectivity index (χ0n) is 9.94. The molecular weight excluding hydrogens is 222 g/mol. The SMILES string of the molecule is CCc1cnc(CNC(=O)N2CCOCC2)o1. The lowest BCUT2D eigenvalue weighted by molar-refractivity contribution is 0.0530. The minimum Gasteiger partial charge on any atom is -0.444 e. The zero-order chi connectivity index (χ0) is 12.1. The number of ether oxygens (including phenoxy) is 1. The lowest BCUT2D eigenvalue weighted by Crippen LogP contribution is -2.45. The quantitative estimate of drug-likeness (QED) is 0.846. The van der Waals surface area contributed by atoms with Crippen molar-refractivity contribution in [1.82, 2.24) is 15.2 Å². The highest BCUT2D eigenvalue weighted by Gasteiger charge is 2.16. The van der Waals surface area contributed by atoms with Crippen LogP contribution in [0.2, 0.25) is 0 Å². The van der Waals surface area contributed by atoms with Gasteiger partial charge in [-0.1, -0.05) is 6.92 Å². The van der Waals surface area contributed by atoms with Crippen molar-refractivity contribution in [2.24, 2.45) is 0 Å². The van der Waals surface area contributed by atoms with Gasteiger partial charge < -0.3 is 19.4 Å². The van der Waals surface area contributed by atoms with E-state index in [2.05, 4.69) is 10.3 Å². The fourth-order valence-electron chi connectivity index (χ4n) is 1.62. The number of hydrogen-bond donors (Lipinski definition) is 1. The summed E-state index contributed by atoms with van der Waals surface area (Å²) in [6, 6.07) is -0.0930. The molecule has 2 amide bonds. The maximum atomic E-state index is 11.7. The van der Waals surface area contributed by atoms with Crippen LogP contribution in [0.25, 0.3) is 0 Å². The lowest BCUT2D eigenvalue weighted by Gasteiger charge is -2.26. The number of aromatic nitrogens is 1. The van der Waals surface area contributed by atoms with E-state index in [1.54, 1.807) is 11.1 Å². The molecule has 0 bridgehead atoms. The van der Waals surface area contributed by atoms with Crippen LogP contribution in [0.4, 0.5) is 4.79 Å². The summed E-state index contributed by atoms with van der Waals surface area (Å²) >= 11 is 0. The minimum absolute atomic E-state index is 0.0930. The van der Waals surface area contributed by atoms with Crippen LogP contribution in [0, 0.1) is 0 Å². The number of hydrogen-bond acceptors (Lipinski definition) is 4. The molecule has 6 nitrogen and oxygen atoms in total. The maximum Gasteiger partial charge on any atom is 0.317 e. The molecule has 0 aliphatic carbocycles. The van der Waals surface area contributed by atoms with Gasteiger partial charge in [-0.25, -0.2) is 9.78 Å². The molecule has 0 saturated carbocycles. The van der Waals surface area contributed by atoms with Crippen molar-refractivity contribution >= 4 is 6.03 Å². The van der Waals surface area contributed by atoms with E-state index in [0.717, 1.165) is 12.2 Å². The zero-order valence-corrected chi connectivity index (χ0v) is 9.94. The molecule has 1 N–H and O–H groups in total. The Labute approximate surface area is 99.9 Å². The van der Waals surface area contributed by atoms with Crippen molar-refractivity contribution in [3.05, 3.63) is 17.8 Å². The van der Waals surface area contributed by atoms with E-state index < -0.39 is 0 Å². The van der Waals surface area contributed by atoms with E-state index in [4.69, 9.17) is 9.15 Å². The molecule has 1 aliphatic rings. The van der Waals surface area contributed by atoms with Crippen molar-refractivity contribution in [2.75, 3.05) is 26.3 Å². The van der Waals surface area contributed by atoms with Crippen LogP contribution in [0.3, 0.4) is 0 Å². The third-order valence-electron chi connectivity index (χ3n) is 2.64. The van der Waals surface area contributed by atoms with Crippen molar-refractivity contribution in [1.29, 1.82) is 0 Å². The summed E-state index contributed by atoms with van der Waals surface area (Å²) in [5.41, 5.74) is 0. The van der Waals surface area contributed by atoms with Gasteiger partial charge >= 0.3 is 6.03 Å². The van der Waals surface area contributed by atoms with E-state index in [1.807, 2.05) is 6.92 Å². The van der Waals surface area contributed by atoms with Crippen LogP contribution < -0.4 is 5.32 Å². The molecule has 0 atom stereocenters. The first kappa shape index (κ1) is 11.9. The summed E-state index contributed by atoms with van der Waals surface area (Å²) in [4.78, 5) is 17.5. The molecule has 1 saturated heterocycles. The van der Waals surface area contributed by atoms with Crippen LogP contribution in [0.1, 0.15) is 18.6 Å². The van der Waals surface area contributed by atoms with Gasteiger partial charge in [-0.3, -0.25) is 0 Å². The Balaban J connectivity index is 1.78. The number of carbonyl (C=O) groups excluding carboxylic acids is 1. The monoisotopic (exact) mass is 239 g/mol. The van der Waals surface area contributed by atoms with Crippen molar-refractivity contribution in [3.8, 4) is 0 Å². The molecule has 0 aromatic carbocycles. The number of morpholine rings is 1. The number of carbonyl (C=O) groups is 1. The molecule has 94 valence electrons. The van der Waals surface area contributed by atoms with E-state index in [0.29, 0.717) is 38.7 Å². The van der Waals surface area contributed by atoms with Gasteiger partial charge in [0, 0.05) is 19.5 Å². The highest BCUT2D eigenvalue weighted by molar-refractivity contribution is 5.74. The molecule has 17 heavy (non-hydrogen) atoms. The summed E-state index contributed by atoms with van der Waals surface area (Å²) in [5.74, 6) is 1.38. The third-order valence-corrected chi connectivity index (χ3v) is 2.64. The molecule has 6 heteroatoms. The van der Waals surface area contributed by atoms with Crippen LogP contribution in [-0.4, -0.2) is 42.2 Å². The maximum absolute atomic E-state index is 11.7. The predicted octanol–water partition coefficient (Wildman–Crippen LogP) is 0.779. The molecule has 1 aliphatic heterocycles. The number of oxazole rings is 1. The molecular formula is C11H17N3O3. The minimum atomic E-state index is -0.0930. The average molecular weight is 239 g/mol. The Morgan fingerprint density at radius 2 is 2.29 bits per heavy atom. The van der Waals surface area contributed by atoms with Crippen molar-refractivity contribution in [2.45, 2.75) is 19.9 Å². The van der Waals surface area contributed by atoms with Gasteiger partial charge in [-0.15, -0.1) is 0 Å². The standard InChI is InChI=1S/C11H17N3O3/c1-2-9-7-12-10(17-9)8-13-11(15)14-3-5-16-6-4-14/h7H,2-6,8H2,1H3,(H,13,15). The predicted molar refractivity (Wildman–Crippen MR) is 60.5 cm³/mol. The molecule has 2 rings (SSSR count). The fourth-order valence-corrected chi connectivity index (χ4v) is 1.62. The van der Waals surface area contributed by atoms with Gasteiger partial charge in [0.1, 0.15) is 5.76 Å². The van der Waals surface area contributed by atoms with E-state index >= 15 is 0 Å². The highest BCUT2D eigenvalue weighted by Crippen LogP contribution is 2.04. The first-order valence-corrected chi connectivity index (χ1v) is 5.83. The first-order valence-electron chi connectivity index (χ1n) is 5.83. The topological polar surface area (TPSA) is 67.6 Å². The second-order valence-corrected chi connectivity index (χ2v) is 3.83. The largest absolute Gasteiger partial charge is 0.444 e. The Bertz CT molecular complexity index is 372. The number of nitrogens with one attached hydrogen (secondary N) is 1. The average Bonchev–Trinajstić information content (AvgIpc) is 2.85. The Morgan fingerprint density at radius 3 is 2.94 bits per heavy atom. The molecule has 0 radical (unpaired) electrons. The van der Waals surface area contributed by atoms with Gasteiger partial charge in [0.25, 0.3) is 0 Å². The Hall–Kier alpha value is -1.56. The molecule has 1 fully saturated rings. The van der Waals surface area contributed by atoms with Crippen LogP contribution in [-0.2, 0) is 17.7 Å². The Morgan fingerprint density at radius 1 is 1.53 bits per heavy atom. The molecule has 0 unspecified atom stereocenters. The summed E-state index contributed by atoms with van der Waals surface area (Å²) < 4.78 is 10.6.